The number of hydrogen-bond donors (Lipinski definition) is 6. The molecule has 160 valence electrons. The summed E-state index contributed by atoms with van der Waals surface area (Å²) in [4.78, 5) is 57.7. The molecule has 0 saturated heterocycles. The van der Waals surface area contributed by atoms with Crippen LogP contribution in [0.2, 0.25) is 0 Å². The Morgan fingerprint density at radius 2 is 1.93 bits per heavy atom. The van der Waals surface area contributed by atoms with E-state index < -0.39 is 37.9 Å². The molecule has 6 N–H and O–H groups in total. The molecule has 1 aromatic rings. The average Bonchev–Trinajstić information content (AvgIpc) is 2.90. The molecule has 2 rings (SSSR count). The minimum Gasteiger partial charge on any atom is -0.480 e. The maximum absolute atomic E-state index is 12.0. The number of nitrogens with one attached hydrogen (secondary N) is 2. The molecule has 13 heteroatoms. The van der Waals surface area contributed by atoms with Gasteiger partial charge in [-0.25, -0.2) is 9.79 Å². The van der Waals surface area contributed by atoms with Crippen LogP contribution in [0.25, 0.3) is 0 Å². The number of amidine groups is 1. The second-order valence-electron chi connectivity index (χ2n) is 6.56. The first kappa shape index (κ1) is 24.4. The molecule has 1 aliphatic heterocycles. The zero-order valence-corrected chi connectivity index (χ0v) is 16.9. The first-order valence-electron chi connectivity index (χ1n) is 8.35. The van der Waals surface area contributed by atoms with Crippen molar-refractivity contribution in [1.82, 2.24) is 15.6 Å². The maximum atomic E-state index is 12.0. The second kappa shape index (κ2) is 9.70. The molecular weight excluding hydrogens is 407 g/mol. The summed E-state index contributed by atoms with van der Waals surface area (Å²) in [6.45, 7) is 5.07. The standard InChI is InChI=1S/C13H15N3O3.C3H8NO5P/c1-7(2)13(3)12(19)15-10(16-13)9-8(11(17)18)5-4-6-14-9;5-3(6)1-4-2-10(7,8)9/h4-7H,1-3H3,(H,17,18)(H,15,16,19);4H,1-2H2,(H,5,6)(H2,7,8,9). The van der Waals surface area contributed by atoms with Crippen LogP contribution in [0.1, 0.15) is 36.8 Å². The number of carboxylic acids is 2. The fourth-order valence-corrected chi connectivity index (χ4v) is 2.53. The minimum atomic E-state index is -4.10. The van der Waals surface area contributed by atoms with Crippen LogP contribution in [0, 0.1) is 5.92 Å². The highest BCUT2D eigenvalue weighted by Gasteiger charge is 2.42. The van der Waals surface area contributed by atoms with Gasteiger partial charge in [-0.3, -0.25) is 24.5 Å². The Morgan fingerprint density at radius 3 is 2.38 bits per heavy atom. The van der Waals surface area contributed by atoms with Crippen LogP contribution in [0.5, 0.6) is 0 Å². The summed E-state index contributed by atoms with van der Waals surface area (Å²) in [5.74, 6) is -2.26. The van der Waals surface area contributed by atoms with E-state index in [0.717, 1.165) is 0 Å². The zero-order chi connectivity index (χ0) is 22.4. The minimum absolute atomic E-state index is 0.00184. The van der Waals surface area contributed by atoms with Gasteiger partial charge in [0.2, 0.25) is 0 Å². The summed E-state index contributed by atoms with van der Waals surface area (Å²) in [5.41, 5.74) is -0.676. The summed E-state index contributed by atoms with van der Waals surface area (Å²) < 4.78 is 10.1. The number of aromatic carboxylic acids is 1. The van der Waals surface area contributed by atoms with Crippen molar-refractivity contribution < 1.29 is 38.9 Å². The van der Waals surface area contributed by atoms with E-state index in [1.807, 2.05) is 13.8 Å². The Hall–Kier alpha value is -2.66. The third-order valence-electron chi connectivity index (χ3n) is 4.02. The van der Waals surface area contributed by atoms with E-state index in [1.165, 1.54) is 18.3 Å². The second-order valence-corrected chi connectivity index (χ2v) is 8.21. The number of hydrogen-bond acceptors (Lipinski definition) is 7. The lowest BCUT2D eigenvalue weighted by Gasteiger charge is -2.21. The van der Waals surface area contributed by atoms with E-state index >= 15 is 0 Å². The monoisotopic (exact) mass is 430 g/mol. The third kappa shape index (κ3) is 7.02. The van der Waals surface area contributed by atoms with Gasteiger partial charge in [0.1, 0.15) is 11.2 Å². The fraction of sp³-hybridized carbons (Fsp3) is 0.438. The molecule has 1 aliphatic rings. The van der Waals surface area contributed by atoms with Gasteiger partial charge in [0.05, 0.1) is 18.4 Å². The van der Waals surface area contributed by atoms with Crippen molar-refractivity contribution >= 4 is 31.3 Å². The first-order chi connectivity index (χ1) is 13.3. The lowest BCUT2D eigenvalue weighted by Crippen LogP contribution is -2.41. The van der Waals surface area contributed by atoms with E-state index in [-0.39, 0.29) is 28.9 Å². The van der Waals surface area contributed by atoms with Gasteiger partial charge >= 0.3 is 19.5 Å². The normalized spacial score (nSPS) is 18.6. The molecule has 1 unspecified atom stereocenters. The van der Waals surface area contributed by atoms with Gasteiger partial charge in [0.15, 0.2) is 5.84 Å². The van der Waals surface area contributed by atoms with Crippen LogP contribution < -0.4 is 10.6 Å². The number of aliphatic imine (C=N–C) groups is 1. The van der Waals surface area contributed by atoms with Crippen LogP contribution in [-0.2, 0) is 14.2 Å². The van der Waals surface area contributed by atoms with Crippen LogP contribution >= 0.6 is 7.60 Å². The van der Waals surface area contributed by atoms with E-state index in [4.69, 9.17) is 20.0 Å². The highest BCUT2D eigenvalue weighted by molar-refractivity contribution is 7.51. The molecule has 12 nitrogen and oxygen atoms in total. The van der Waals surface area contributed by atoms with Crippen molar-refractivity contribution in [2.75, 3.05) is 12.8 Å². The third-order valence-corrected chi connectivity index (χ3v) is 4.65. The molecule has 29 heavy (non-hydrogen) atoms. The number of nitrogens with zero attached hydrogens (tertiary/aromatic N) is 2. The number of carbonyl (C=O) groups excluding carboxylic acids is 1. The predicted molar refractivity (Wildman–Crippen MR) is 102 cm³/mol. The van der Waals surface area contributed by atoms with E-state index in [9.17, 15) is 18.9 Å². The van der Waals surface area contributed by atoms with Gasteiger partial charge in [-0.05, 0) is 25.0 Å². The molecule has 0 aliphatic carbocycles. The van der Waals surface area contributed by atoms with Crippen molar-refractivity contribution in [3.05, 3.63) is 29.6 Å². The topological polar surface area (TPSA) is 199 Å². The Labute approximate surface area is 166 Å². The number of pyridine rings is 1. The molecule has 0 fully saturated rings. The Kier molecular flexibility index (Phi) is 8.15. The molecule has 1 atom stereocenters. The predicted octanol–water partition coefficient (Wildman–Crippen LogP) is -0.133. The van der Waals surface area contributed by atoms with E-state index in [1.54, 1.807) is 6.92 Å². The Bertz CT molecular complexity index is 866. The summed E-state index contributed by atoms with van der Waals surface area (Å²) >= 11 is 0. The van der Waals surface area contributed by atoms with Gasteiger partial charge in [0.25, 0.3) is 5.91 Å². The Balaban J connectivity index is 0.000000359. The lowest BCUT2D eigenvalue weighted by molar-refractivity contribution is -0.135. The molecular formula is C16H23N4O8P. The first-order valence-corrected chi connectivity index (χ1v) is 10.1. The van der Waals surface area contributed by atoms with Gasteiger partial charge in [-0.15, -0.1) is 0 Å². The lowest BCUT2D eigenvalue weighted by atomic mass is 9.89. The molecule has 0 aromatic carbocycles. The van der Waals surface area contributed by atoms with Crippen LogP contribution in [0.4, 0.5) is 0 Å². The number of aromatic nitrogens is 1. The molecule has 0 spiro atoms. The van der Waals surface area contributed by atoms with Crippen LogP contribution in [0.3, 0.4) is 0 Å². The maximum Gasteiger partial charge on any atom is 0.339 e. The van der Waals surface area contributed by atoms with E-state index in [2.05, 4.69) is 20.6 Å². The summed E-state index contributed by atoms with van der Waals surface area (Å²) in [6.07, 6.45) is 0.876. The highest BCUT2D eigenvalue weighted by Crippen LogP contribution is 2.31. The Morgan fingerprint density at radius 1 is 1.31 bits per heavy atom. The quantitative estimate of drug-likeness (QED) is 0.317. The number of carbonyl (C=O) groups is 3. The summed E-state index contributed by atoms with van der Waals surface area (Å²) in [7, 11) is -4.10. The fourth-order valence-electron chi connectivity index (χ4n) is 2.12. The van der Waals surface area contributed by atoms with Crippen molar-refractivity contribution in [2.24, 2.45) is 10.9 Å². The van der Waals surface area contributed by atoms with Gasteiger partial charge < -0.3 is 25.3 Å². The zero-order valence-electron chi connectivity index (χ0n) is 16.0. The van der Waals surface area contributed by atoms with Crippen molar-refractivity contribution in [1.29, 1.82) is 0 Å². The van der Waals surface area contributed by atoms with E-state index in [0.29, 0.717) is 0 Å². The SMILES string of the molecule is CC(C)C1(C)N=C(c2ncccc2C(=O)O)NC1=O.O=C(O)CNCP(=O)(O)O. The number of carboxylic acid groups (broad SMARTS) is 2. The molecule has 2 heterocycles. The molecule has 1 aromatic heterocycles. The van der Waals surface area contributed by atoms with Gasteiger partial charge in [-0.1, -0.05) is 13.8 Å². The van der Waals surface area contributed by atoms with Crippen molar-refractivity contribution in [3.8, 4) is 0 Å². The van der Waals surface area contributed by atoms with Gasteiger partial charge in [0, 0.05) is 6.20 Å². The number of aliphatic carboxylic acids is 1. The van der Waals surface area contributed by atoms with Gasteiger partial charge in [-0.2, -0.15) is 0 Å². The smallest absolute Gasteiger partial charge is 0.339 e. The average molecular weight is 430 g/mol. The summed E-state index contributed by atoms with van der Waals surface area (Å²) in [6, 6.07) is 2.97. The number of rotatable bonds is 7. The summed E-state index contributed by atoms with van der Waals surface area (Å²) in [5, 5.41) is 21.8. The number of amides is 1. The van der Waals surface area contributed by atoms with Crippen molar-refractivity contribution in [3.63, 3.8) is 0 Å². The van der Waals surface area contributed by atoms with Crippen LogP contribution in [-0.4, -0.2) is 67.0 Å². The molecule has 0 radical (unpaired) electrons. The van der Waals surface area contributed by atoms with Crippen molar-refractivity contribution in [2.45, 2.75) is 26.3 Å². The molecule has 1 amide bonds. The van der Waals surface area contributed by atoms with Crippen LogP contribution in [0.15, 0.2) is 23.3 Å². The largest absolute Gasteiger partial charge is 0.480 e. The molecule has 0 saturated carbocycles. The highest BCUT2D eigenvalue weighted by atomic mass is 31.2. The molecule has 0 bridgehead atoms.